The number of hydrazone groups is 1. The first-order valence-electron chi connectivity index (χ1n) is 9.57. The molecule has 1 saturated heterocycles. The van der Waals surface area contributed by atoms with E-state index in [1.165, 1.54) is 12.1 Å². The first-order chi connectivity index (χ1) is 13.4. The fourth-order valence-electron chi connectivity index (χ4n) is 3.12. The zero-order valence-corrected chi connectivity index (χ0v) is 18.1. The van der Waals surface area contributed by atoms with E-state index in [1.807, 2.05) is 5.01 Å². The molecule has 1 heterocycles. The Morgan fingerprint density at radius 1 is 1.17 bits per heavy atom. The van der Waals surface area contributed by atoms with Crippen LogP contribution in [0.1, 0.15) is 51.2 Å². The van der Waals surface area contributed by atoms with Gasteiger partial charge < -0.3 is 0 Å². The second-order valence-corrected chi connectivity index (χ2v) is 9.34. The summed E-state index contributed by atoms with van der Waals surface area (Å²) in [5.41, 5.74) is -3.02. The lowest BCUT2D eigenvalue weighted by Crippen LogP contribution is -2.41. The number of benzene rings is 1. The van der Waals surface area contributed by atoms with E-state index in [0.29, 0.717) is 15.6 Å². The van der Waals surface area contributed by atoms with Crippen molar-refractivity contribution in [1.82, 2.24) is 5.01 Å². The summed E-state index contributed by atoms with van der Waals surface area (Å²) < 4.78 is 65.3. The Hall–Kier alpha value is -2.03. The van der Waals surface area contributed by atoms with E-state index in [2.05, 4.69) is 5.10 Å². The molecule has 1 aromatic rings. The van der Waals surface area contributed by atoms with Crippen molar-refractivity contribution in [1.29, 1.82) is 0 Å². The van der Waals surface area contributed by atoms with Crippen molar-refractivity contribution >= 4 is 21.4 Å². The van der Waals surface area contributed by atoms with Crippen LogP contribution in [0.5, 0.6) is 0 Å². The molecule has 0 aliphatic carbocycles. The minimum atomic E-state index is -5.57. The van der Waals surface area contributed by atoms with Gasteiger partial charge >= 0.3 is 15.5 Å². The number of sulfonamides is 1. The molecule has 0 aromatic heterocycles. The minimum absolute atomic E-state index is 0.0244. The fourth-order valence-corrected chi connectivity index (χ4v) is 4.06. The van der Waals surface area contributed by atoms with Gasteiger partial charge in [0.05, 0.1) is 17.9 Å². The monoisotopic (exact) mass is 431 g/mol. The first-order valence-corrected chi connectivity index (χ1v) is 11.0. The molecule has 0 unspecified atom stereocenters. The number of hydrogen-bond acceptors (Lipinski definition) is 4. The van der Waals surface area contributed by atoms with E-state index in [-0.39, 0.29) is 5.69 Å². The normalized spacial score (nSPS) is 16.0. The molecule has 0 N–H and O–H groups in total. The molecule has 29 heavy (non-hydrogen) atoms. The van der Waals surface area contributed by atoms with Gasteiger partial charge in [0.25, 0.3) is 0 Å². The summed E-state index contributed by atoms with van der Waals surface area (Å²) in [6.07, 6.45) is 4.60. The average molecular weight is 432 g/mol. The Morgan fingerprint density at radius 2 is 1.79 bits per heavy atom. The molecule has 0 bridgehead atoms. The third-order valence-corrected chi connectivity index (χ3v) is 6.19. The van der Waals surface area contributed by atoms with Crippen LogP contribution in [0.15, 0.2) is 34.9 Å². The van der Waals surface area contributed by atoms with Gasteiger partial charge in [0, 0.05) is 18.7 Å². The molecule has 0 atom stereocenters. The van der Waals surface area contributed by atoms with E-state index in [9.17, 15) is 21.6 Å². The predicted molar refractivity (Wildman–Crippen MR) is 111 cm³/mol. The summed E-state index contributed by atoms with van der Waals surface area (Å²) in [5, 5.41) is 6.45. The van der Waals surface area contributed by atoms with Crippen molar-refractivity contribution in [3.8, 4) is 0 Å². The van der Waals surface area contributed by atoms with E-state index in [0.717, 1.165) is 43.5 Å². The Bertz CT molecular complexity index is 883. The minimum Gasteiger partial charge on any atom is -0.297 e. The SMILES string of the molecule is CC(C)=CCN(c1ccc(C)cc1/C(C)=N/N1CCCCC1)S(=O)(=O)C(F)(F)F. The molecule has 0 amide bonds. The highest BCUT2D eigenvalue weighted by molar-refractivity contribution is 7.93. The van der Waals surface area contributed by atoms with Crippen LogP contribution in [0.25, 0.3) is 0 Å². The van der Waals surface area contributed by atoms with Gasteiger partial charge in [-0.1, -0.05) is 23.3 Å². The van der Waals surface area contributed by atoms with Gasteiger partial charge in [0.1, 0.15) is 0 Å². The third-order valence-electron chi connectivity index (χ3n) is 4.68. The van der Waals surface area contributed by atoms with Gasteiger partial charge in [-0.3, -0.25) is 9.31 Å². The number of rotatable bonds is 6. The maximum absolute atomic E-state index is 13.4. The van der Waals surface area contributed by atoms with Crippen LogP contribution in [0.3, 0.4) is 0 Å². The largest absolute Gasteiger partial charge is 0.516 e. The van der Waals surface area contributed by atoms with Crippen LogP contribution in [0.2, 0.25) is 0 Å². The zero-order chi connectivity index (χ0) is 21.8. The topological polar surface area (TPSA) is 53.0 Å². The summed E-state index contributed by atoms with van der Waals surface area (Å²) in [6, 6.07) is 4.70. The van der Waals surface area contributed by atoms with E-state index >= 15 is 0 Å². The Morgan fingerprint density at radius 3 is 2.34 bits per heavy atom. The van der Waals surface area contributed by atoms with Gasteiger partial charge in [-0.15, -0.1) is 0 Å². The number of anilines is 1. The van der Waals surface area contributed by atoms with Crippen molar-refractivity contribution in [2.45, 2.75) is 52.5 Å². The highest BCUT2D eigenvalue weighted by Gasteiger charge is 2.50. The standard InChI is InChI=1S/C20H28F3N3O2S/c1-15(2)10-13-26(29(27,28)20(21,22)23)19-9-8-16(3)14-18(19)17(4)24-25-11-6-5-7-12-25/h8-10,14H,5-7,11-13H2,1-4H3/b24-17+. The first kappa shape index (κ1) is 23.3. The number of hydrogen-bond donors (Lipinski definition) is 0. The molecule has 1 aliphatic rings. The highest BCUT2D eigenvalue weighted by atomic mass is 32.2. The summed E-state index contributed by atoms with van der Waals surface area (Å²) in [4.78, 5) is 0. The maximum Gasteiger partial charge on any atom is 0.516 e. The summed E-state index contributed by atoms with van der Waals surface area (Å²) in [5.74, 6) is 0. The zero-order valence-electron chi connectivity index (χ0n) is 17.3. The lowest BCUT2D eigenvalue weighted by molar-refractivity contribution is -0.0437. The molecule has 5 nitrogen and oxygen atoms in total. The molecular formula is C20H28F3N3O2S. The van der Waals surface area contributed by atoms with Crippen LogP contribution >= 0.6 is 0 Å². The van der Waals surface area contributed by atoms with Crippen LogP contribution in [0.4, 0.5) is 18.9 Å². The third kappa shape index (κ3) is 5.74. The number of halogens is 3. The number of aryl methyl sites for hydroxylation is 1. The number of piperidine rings is 1. The number of allylic oxidation sites excluding steroid dienone is 1. The highest BCUT2D eigenvalue weighted by Crippen LogP contribution is 2.33. The van der Waals surface area contributed by atoms with Crippen molar-refractivity contribution in [2.24, 2.45) is 5.10 Å². The van der Waals surface area contributed by atoms with Crippen LogP contribution in [-0.4, -0.2) is 44.3 Å². The number of nitrogens with zero attached hydrogens (tertiary/aromatic N) is 3. The lowest BCUT2D eigenvalue weighted by Gasteiger charge is -2.28. The molecule has 1 fully saturated rings. The fraction of sp³-hybridized carbons (Fsp3) is 0.550. The molecule has 1 aromatic carbocycles. The molecule has 0 radical (unpaired) electrons. The van der Waals surface area contributed by atoms with Gasteiger partial charge in [-0.2, -0.15) is 26.7 Å². The van der Waals surface area contributed by atoms with E-state index < -0.39 is 22.1 Å². The molecule has 9 heteroatoms. The molecule has 162 valence electrons. The second-order valence-electron chi connectivity index (χ2n) is 7.48. The molecule has 2 rings (SSSR count). The Labute approximate surface area is 170 Å². The van der Waals surface area contributed by atoms with Gasteiger partial charge in [-0.25, -0.2) is 0 Å². The molecule has 1 aliphatic heterocycles. The van der Waals surface area contributed by atoms with Crippen molar-refractivity contribution < 1.29 is 21.6 Å². The Balaban J connectivity index is 2.59. The number of alkyl halides is 3. The van der Waals surface area contributed by atoms with Crippen molar-refractivity contribution in [2.75, 3.05) is 23.9 Å². The predicted octanol–water partition coefficient (Wildman–Crippen LogP) is 4.83. The Kier molecular flexibility index (Phi) is 7.37. The summed E-state index contributed by atoms with van der Waals surface area (Å²) in [7, 11) is -5.57. The van der Waals surface area contributed by atoms with Gasteiger partial charge in [0.2, 0.25) is 0 Å². The molecule has 0 saturated carbocycles. The van der Waals surface area contributed by atoms with E-state index in [4.69, 9.17) is 0 Å². The van der Waals surface area contributed by atoms with Gasteiger partial charge in [-0.05, 0) is 59.1 Å². The average Bonchev–Trinajstić information content (AvgIpc) is 2.62. The second kappa shape index (κ2) is 9.19. The summed E-state index contributed by atoms with van der Waals surface area (Å²) in [6.45, 7) is 8.07. The molecule has 0 spiro atoms. The smallest absolute Gasteiger partial charge is 0.297 e. The van der Waals surface area contributed by atoms with Crippen molar-refractivity contribution in [3.05, 3.63) is 41.0 Å². The lowest BCUT2D eigenvalue weighted by atomic mass is 10.1. The van der Waals surface area contributed by atoms with Crippen LogP contribution < -0.4 is 4.31 Å². The molecular weight excluding hydrogens is 403 g/mol. The maximum atomic E-state index is 13.4. The van der Waals surface area contributed by atoms with Crippen molar-refractivity contribution in [3.63, 3.8) is 0 Å². The van der Waals surface area contributed by atoms with E-state index in [1.54, 1.807) is 39.8 Å². The van der Waals surface area contributed by atoms with Crippen LogP contribution in [0, 0.1) is 6.92 Å². The summed E-state index contributed by atoms with van der Waals surface area (Å²) >= 11 is 0. The van der Waals surface area contributed by atoms with Gasteiger partial charge in [0.15, 0.2) is 0 Å². The van der Waals surface area contributed by atoms with Crippen LogP contribution in [-0.2, 0) is 10.0 Å². The quantitative estimate of drug-likeness (QED) is 0.479.